The van der Waals surface area contributed by atoms with Gasteiger partial charge in [0.1, 0.15) is 0 Å². The molecule has 1 aromatic rings. The molecule has 1 aliphatic heterocycles. The van der Waals surface area contributed by atoms with Gasteiger partial charge in [0, 0.05) is 6.21 Å². The van der Waals surface area contributed by atoms with Gasteiger partial charge in [-0.1, -0.05) is 75.8 Å². The highest BCUT2D eigenvalue weighted by Gasteiger charge is 2.10. The van der Waals surface area contributed by atoms with E-state index in [1.54, 1.807) is 0 Å². The highest BCUT2D eigenvalue weighted by Crippen LogP contribution is 2.25. The quantitative estimate of drug-likeness (QED) is 0.623. The van der Waals surface area contributed by atoms with Crippen LogP contribution in [0.5, 0.6) is 0 Å². The maximum Gasteiger partial charge on any atom is 0.0745 e. The molecule has 0 aromatic heterocycles. The van der Waals surface area contributed by atoms with Crippen LogP contribution in [-0.4, -0.2) is 6.21 Å². The summed E-state index contributed by atoms with van der Waals surface area (Å²) in [5.74, 6) is 0.630. The molecule has 1 aromatic carbocycles. The predicted molar refractivity (Wildman–Crippen MR) is 83.8 cm³/mol. The van der Waals surface area contributed by atoms with Gasteiger partial charge >= 0.3 is 0 Å². The third-order valence-corrected chi connectivity index (χ3v) is 4.09. The van der Waals surface area contributed by atoms with Crippen molar-refractivity contribution >= 4 is 6.21 Å². The molecule has 1 aliphatic rings. The Morgan fingerprint density at radius 1 is 0.842 bits per heavy atom. The number of aliphatic imine (C=N–C) groups is 1. The summed E-state index contributed by atoms with van der Waals surface area (Å²) in [6, 6.07) is 11.2. The van der Waals surface area contributed by atoms with Crippen molar-refractivity contribution in [3.05, 3.63) is 35.9 Å². The molecule has 1 heteroatoms. The van der Waals surface area contributed by atoms with Crippen LogP contribution in [0.15, 0.2) is 35.3 Å². The normalized spacial score (nSPS) is 28.1. The van der Waals surface area contributed by atoms with Crippen molar-refractivity contribution in [1.82, 2.24) is 0 Å². The van der Waals surface area contributed by atoms with Crippen LogP contribution in [0.25, 0.3) is 0 Å². The smallest absolute Gasteiger partial charge is 0.0745 e. The van der Waals surface area contributed by atoms with E-state index < -0.39 is 0 Å². The fourth-order valence-corrected chi connectivity index (χ4v) is 2.84. The standard InChI is InChI=1S/C18H27N/c1-16-11-7-4-2-3-5-10-14-18(19-15-16)17-12-8-6-9-13-17/h6,8-9,12-13,15-16,18H,2-5,7,10-11,14H2,1H3/b19-15+. The van der Waals surface area contributed by atoms with Crippen molar-refractivity contribution in [3.8, 4) is 0 Å². The monoisotopic (exact) mass is 257 g/mol. The molecule has 0 N–H and O–H groups in total. The van der Waals surface area contributed by atoms with Crippen molar-refractivity contribution in [2.75, 3.05) is 0 Å². The molecule has 1 heterocycles. The molecule has 19 heavy (non-hydrogen) atoms. The van der Waals surface area contributed by atoms with Crippen LogP contribution in [0.3, 0.4) is 0 Å². The lowest BCUT2D eigenvalue weighted by Gasteiger charge is -2.15. The summed E-state index contributed by atoms with van der Waals surface area (Å²) >= 11 is 0. The Morgan fingerprint density at radius 3 is 2.21 bits per heavy atom. The second kappa shape index (κ2) is 8.14. The SMILES string of the molecule is CC1/C=N/C(c2ccccc2)CCCCCCCC1. The number of nitrogens with zero attached hydrogens (tertiary/aromatic N) is 1. The molecular weight excluding hydrogens is 230 g/mol. The molecule has 0 amide bonds. The van der Waals surface area contributed by atoms with E-state index in [9.17, 15) is 0 Å². The van der Waals surface area contributed by atoms with Crippen molar-refractivity contribution in [1.29, 1.82) is 0 Å². The number of benzene rings is 1. The van der Waals surface area contributed by atoms with Gasteiger partial charge < -0.3 is 0 Å². The highest BCUT2D eigenvalue weighted by molar-refractivity contribution is 5.60. The molecule has 0 aliphatic carbocycles. The average Bonchev–Trinajstić information content (AvgIpc) is 2.44. The zero-order chi connectivity index (χ0) is 13.3. The molecule has 0 spiro atoms. The molecular formula is C18H27N. The zero-order valence-electron chi connectivity index (χ0n) is 12.2. The van der Waals surface area contributed by atoms with Gasteiger partial charge in [-0.05, 0) is 24.3 Å². The Labute approximate surface area is 118 Å². The molecule has 2 unspecified atom stereocenters. The van der Waals surface area contributed by atoms with Crippen LogP contribution < -0.4 is 0 Å². The molecule has 0 fully saturated rings. The van der Waals surface area contributed by atoms with Gasteiger partial charge in [-0.3, -0.25) is 4.99 Å². The Balaban J connectivity index is 2.04. The second-order valence-electron chi connectivity index (χ2n) is 5.90. The minimum Gasteiger partial charge on any atom is -0.289 e. The summed E-state index contributed by atoms with van der Waals surface area (Å²) in [7, 11) is 0. The zero-order valence-corrected chi connectivity index (χ0v) is 12.2. The van der Waals surface area contributed by atoms with Gasteiger partial charge in [-0.2, -0.15) is 0 Å². The van der Waals surface area contributed by atoms with E-state index in [0.29, 0.717) is 12.0 Å². The molecule has 2 atom stereocenters. The van der Waals surface area contributed by atoms with Crippen LogP contribution in [0.4, 0.5) is 0 Å². The Morgan fingerprint density at radius 2 is 1.47 bits per heavy atom. The molecule has 0 saturated heterocycles. The summed E-state index contributed by atoms with van der Waals surface area (Å²) in [4.78, 5) is 4.88. The van der Waals surface area contributed by atoms with Crippen molar-refractivity contribution in [2.24, 2.45) is 10.9 Å². The van der Waals surface area contributed by atoms with Gasteiger partial charge in [0.15, 0.2) is 0 Å². The van der Waals surface area contributed by atoms with E-state index in [1.165, 1.54) is 56.9 Å². The molecule has 0 radical (unpaired) electrons. The number of rotatable bonds is 1. The highest BCUT2D eigenvalue weighted by atomic mass is 14.8. The van der Waals surface area contributed by atoms with Gasteiger partial charge in [0.2, 0.25) is 0 Å². The third-order valence-electron chi connectivity index (χ3n) is 4.09. The summed E-state index contributed by atoms with van der Waals surface area (Å²) < 4.78 is 0. The van der Waals surface area contributed by atoms with Gasteiger partial charge in [-0.15, -0.1) is 0 Å². The first-order valence-corrected chi connectivity index (χ1v) is 7.94. The van der Waals surface area contributed by atoms with Gasteiger partial charge in [-0.25, -0.2) is 0 Å². The summed E-state index contributed by atoms with van der Waals surface area (Å²) in [6.45, 7) is 2.30. The van der Waals surface area contributed by atoms with E-state index in [1.807, 2.05) is 0 Å². The largest absolute Gasteiger partial charge is 0.289 e. The van der Waals surface area contributed by atoms with E-state index >= 15 is 0 Å². The fourth-order valence-electron chi connectivity index (χ4n) is 2.84. The number of hydrogen-bond donors (Lipinski definition) is 0. The van der Waals surface area contributed by atoms with Crippen molar-refractivity contribution < 1.29 is 0 Å². The first-order chi connectivity index (χ1) is 9.36. The summed E-state index contributed by atoms with van der Waals surface area (Å²) in [6.07, 6.45) is 13.0. The second-order valence-corrected chi connectivity index (χ2v) is 5.90. The average molecular weight is 257 g/mol. The molecule has 0 bridgehead atoms. The molecule has 0 saturated carbocycles. The van der Waals surface area contributed by atoms with E-state index in [4.69, 9.17) is 4.99 Å². The minimum atomic E-state index is 0.378. The van der Waals surface area contributed by atoms with Crippen LogP contribution in [0.2, 0.25) is 0 Å². The maximum absolute atomic E-state index is 4.88. The molecule has 1 nitrogen and oxygen atoms in total. The van der Waals surface area contributed by atoms with Crippen LogP contribution in [-0.2, 0) is 0 Å². The van der Waals surface area contributed by atoms with Gasteiger partial charge in [0.25, 0.3) is 0 Å². The first-order valence-electron chi connectivity index (χ1n) is 7.94. The van der Waals surface area contributed by atoms with Crippen LogP contribution in [0.1, 0.15) is 69.9 Å². The first kappa shape index (κ1) is 14.3. The Kier molecular flexibility index (Phi) is 6.13. The van der Waals surface area contributed by atoms with E-state index in [-0.39, 0.29) is 0 Å². The number of hydrogen-bond acceptors (Lipinski definition) is 1. The lowest BCUT2D eigenvalue weighted by molar-refractivity contribution is 0.516. The predicted octanol–water partition coefficient (Wildman–Crippen LogP) is 5.57. The molecule has 104 valence electrons. The Bertz CT molecular complexity index is 369. The fraction of sp³-hybridized carbons (Fsp3) is 0.611. The topological polar surface area (TPSA) is 12.4 Å². The minimum absolute atomic E-state index is 0.378. The lowest BCUT2D eigenvalue weighted by Crippen LogP contribution is -2.02. The van der Waals surface area contributed by atoms with Crippen LogP contribution in [0, 0.1) is 5.92 Å². The maximum atomic E-state index is 4.88. The summed E-state index contributed by atoms with van der Waals surface area (Å²) in [5.41, 5.74) is 1.38. The lowest BCUT2D eigenvalue weighted by atomic mass is 9.97. The molecule has 2 rings (SSSR count). The Hall–Kier alpha value is -1.11. The summed E-state index contributed by atoms with van der Waals surface area (Å²) in [5, 5.41) is 0. The van der Waals surface area contributed by atoms with Crippen molar-refractivity contribution in [2.45, 2.75) is 64.3 Å². The van der Waals surface area contributed by atoms with Crippen molar-refractivity contribution in [3.63, 3.8) is 0 Å². The van der Waals surface area contributed by atoms with E-state index in [0.717, 1.165) is 0 Å². The van der Waals surface area contributed by atoms with Gasteiger partial charge in [0.05, 0.1) is 6.04 Å². The van der Waals surface area contributed by atoms with Crippen LogP contribution >= 0.6 is 0 Å². The third kappa shape index (κ3) is 5.18. The van der Waals surface area contributed by atoms with E-state index in [2.05, 4.69) is 43.5 Å².